The first-order valence-electron chi connectivity index (χ1n) is 4.85. The van der Waals surface area contributed by atoms with E-state index in [4.69, 9.17) is 5.11 Å². The van der Waals surface area contributed by atoms with Gasteiger partial charge in [0.1, 0.15) is 11.4 Å². The molecule has 0 heterocycles. The van der Waals surface area contributed by atoms with Crippen LogP contribution < -0.4 is 0 Å². The lowest BCUT2D eigenvalue weighted by Gasteiger charge is -2.11. The van der Waals surface area contributed by atoms with Crippen LogP contribution in [0.5, 0.6) is 0 Å². The van der Waals surface area contributed by atoms with Gasteiger partial charge in [0.15, 0.2) is 11.6 Å². The topological polar surface area (TPSA) is 37.3 Å². The maximum absolute atomic E-state index is 13.7. The van der Waals surface area contributed by atoms with Crippen molar-refractivity contribution in [3.05, 3.63) is 34.1 Å². The van der Waals surface area contributed by atoms with Crippen molar-refractivity contribution in [2.45, 2.75) is 25.7 Å². The lowest BCUT2D eigenvalue weighted by molar-refractivity contribution is 0.0688. The van der Waals surface area contributed by atoms with Gasteiger partial charge in [-0.15, -0.1) is 0 Å². The maximum atomic E-state index is 13.7. The number of carboxylic acids is 1. The molecule has 1 aliphatic carbocycles. The second kappa shape index (κ2) is 3.50. The second-order valence-corrected chi connectivity index (χ2v) is 3.94. The zero-order chi connectivity index (χ0) is 12.0. The highest BCUT2D eigenvalue weighted by Crippen LogP contribution is 2.44. The predicted octanol–water partition coefficient (Wildman–Crippen LogP) is 2.99. The summed E-state index contributed by atoms with van der Waals surface area (Å²) < 4.78 is 40.3. The Bertz CT molecular complexity index is 479. The number of carboxylic acid groups (broad SMARTS) is 1. The van der Waals surface area contributed by atoms with E-state index in [-0.39, 0.29) is 11.5 Å². The number of carbonyl (C=O) groups is 1. The van der Waals surface area contributed by atoms with Crippen molar-refractivity contribution in [2.24, 2.45) is 0 Å². The molecule has 5 heteroatoms. The van der Waals surface area contributed by atoms with Gasteiger partial charge < -0.3 is 5.11 Å². The summed E-state index contributed by atoms with van der Waals surface area (Å²) in [6, 6.07) is 0. The van der Waals surface area contributed by atoms with E-state index in [1.54, 1.807) is 0 Å². The predicted molar refractivity (Wildman–Crippen MR) is 50.0 cm³/mol. The number of hydrogen-bond donors (Lipinski definition) is 1. The normalized spacial score (nSPS) is 15.2. The van der Waals surface area contributed by atoms with Crippen LogP contribution >= 0.6 is 0 Å². The van der Waals surface area contributed by atoms with Gasteiger partial charge in [-0.2, -0.15) is 0 Å². The van der Waals surface area contributed by atoms with Crippen molar-refractivity contribution in [3.8, 4) is 0 Å². The maximum Gasteiger partial charge on any atom is 0.339 e. The zero-order valence-electron chi connectivity index (χ0n) is 8.48. The molecule has 0 bridgehead atoms. The molecule has 1 aromatic carbocycles. The van der Waals surface area contributed by atoms with Crippen molar-refractivity contribution >= 4 is 5.97 Å². The summed E-state index contributed by atoms with van der Waals surface area (Å²) in [5.41, 5.74) is -1.50. The van der Waals surface area contributed by atoms with E-state index in [1.165, 1.54) is 0 Å². The highest BCUT2D eigenvalue weighted by atomic mass is 19.2. The van der Waals surface area contributed by atoms with Crippen LogP contribution in [0.15, 0.2) is 0 Å². The average molecular weight is 230 g/mol. The highest BCUT2D eigenvalue weighted by molar-refractivity contribution is 5.90. The molecule has 1 aliphatic rings. The fourth-order valence-corrected chi connectivity index (χ4v) is 1.77. The summed E-state index contributed by atoms with van der Waals surface area (Å²) in [5.74, 6) is -5.73. The van der Waals surface area contributed by atoms with Crippen LogP contribution in [-0.4, -0.2) is 11.1 Å². The monoisotopic (exact) mass is 230 g/mol. The van der Waals surface area contributed by atoms with Crippen LogP contribution in [0.2, 0.25) is 0 Å². The number of aromatic carboxylic acids is 1. The fourth-order valence-electron chi connectivity index (χ4n) is 1.77. The van der Waals surface area contributed by atoms with E-state index in [0.29, 0.717) is 12.8 Å². The molecule has 16 heavy (non-hydrogen) atoms. The lowest BCUT2D eigenvalue weighted by Crippen LogP contribution is -2.12. The van der Waals surface area contributed by atoms with Gasteiger partial charge in [-0.25, -0.2) is 18.0 Å². The van der Waals surface area contributed by atoms with Gasteiger partial charge in [0.05, 0.1) is 0 Å². The van der Waals surface area contributed by atoms with Crippen molar-refractivity contribution < 1.29 is 23.1 Å². The number of halogens is 3. The molecule has 0 spiro atoms. The lowest BCUT2D eigenvalue weighted by atomic mass is 9.98. The smallest absolute Gasteiger partial charge is 0.339 e. The van der Waals surface area contributed by atoms with Gasteiger partial charge in [0.2, 0.25) is 0 Å². The summed E-state index contributed by atoms with van der Waals surface area (Å²) in [4.78, 5) is 10.8. The summed E-state index contributed by atoms with van der Waals surface area (Å²) in [7, 11) is 0. The van der Waals surface area contributed by atoms with Gasteiger partial charge in [-0.3, -0.25) is 0 Å². The molecule has 0 aliphatic heterocycles. The van der Waals surface area contributed by atoms with Crippen LogP contribution in [0.25, 0.3) is 0 Å². The molecular formula is C11H9F3O2. The van der Waals surface area contributed by atoms with Crippen LogP contribution in [0.1, 0.15) is 40.2 Å². The van der Waals surface area contributed by atoms with Crippen LogP contribution in [0, 0.1) is 24.4 Å². The van der Waals surface area contributed by atoms with Crippen molar-refractivity contribution in [1.82, 2.24) is 0 Å². The molecule has 0 saturated heterocycles. The Morgan fingerprint density at radius 3 is 2.19 bits per heavy atom. The summed E-state index contributed by atoms with van der Waals surface area (Å²) in [5, 5.41) is 8.79. The van der Waals surface area contributed by atoms with Gasteiger partial charge in [0, 0.05) is 11.1 Å². The Morgan fingerprint density at radius 2 is 1.75 bits per heavy atom. The third-order valence-electron chi connectivity index (χ3n) is 2.78. The van der Waals surface area contributed by atoms with Crippen molar-refractivity contribution in [1.29, 1.82) is 0 Å². The minimum atomic E-state index is -1.63. The first-order valence-corrected chi connectivity index (χ1v) is 4.85. The van der Waals surface area contributed by atoms with Crippen LogP contribution in [0.3, 0.4) is 0 Å². The largest absolute Gasteiger partial charge is 0.478 e. The molecular weight excluding hydrogens is 221 g/mol. The number of benzene rings is 1. The molecule has 0 aromatic heterocycles. The number of hydrogen-bond acceptors (Lipinski definition) is 1. The van der Waals surface area contributed by atoms with Gasteiger partial charge in [-0.05, 0) is 25.7 Å². The molecule has 86 valence electrons. The first-order chi connectivity index (χ1) is 7.45. The van der Waals surface area contributed by atoms with E-state index < -0.39 is 34.5 Å². The van der Waals surface area contributed by atoms with E-state index in [2.05, 4.69) is 0 Å². The fraction of sp³-hybridized carbons (Fsp3) is 0.364. The van der Waals surface area contributed by atoms with E-state index >= 15 is 0 Å². The molecule has 0 atom stereocenters. The number of rotatable bonds is 2. The molecule has 2 rings (SSSR count). The average Bonchev–Trinajstić information content (AvgIpc) is 3.03. The quantitative estimate of drug-likeness (QED) is 0.793. The Hall–Kier alpha value is -1.52. The van der Waals surface area contributed by atoms with Gasteiger partial charge in [-0.1, -0.05) is 0 Å². The van der Waals surface area contributed by atoms with E-state index in [0.717, 1.165) is 6.92 Å². The molecule has 1 N–H and O–H groups in total. The Balaban J connectivity index is 2.78. The molecule has 1 aromatic rings. The first kappa shape index (κ1) is 11.0. The van der Waals surface area contributed by atoms with Gasteiger partial charge in [0.25, 0.3) is 0 Å². The van der Waals surface area contributed by atoms with Crippen LogP contribution in [-0.2, 0) is 0 Å². The minimum absolute atomic E-state index is 0.191. The van der Waals surface area contributed by atoms with Crippen LogP contribution in [0.4, 0.5) is 13.2 Å². The molecule has 1 fully saturated rings. The Kier molecular flexibility index (Phi) is 2.40. The SMILES string of the molecule is Cc1c(F)c(F)c(C(=O)O)c(C2CC2)c1F. The third-order valence-corrected chi connectivity index (χ3v) is 2.78. The Labute approximate surface area is 89.7 Å². The van der Waals surface area contributed by atoms with E-state index in [1.807, 2.05) is 0 Å². The van der Waals surface area contributed by atoms with E-state index in [9.17, 15) is 18.0 Å². The molecule has 0 amide bonds. The third kappa shape index (κ3) is 1.47. The van der Waals surface area contributed by atoms with Crippen molar-refractivity contribution in [3.63, 3.8) is 0 Å². The molecule has 0 unspecified atom stereocenters. The highest BCUT2D eigenvalue weighted by Gasteiger charge is 2.36. The zero-order valence-corrected chi connectivity index (χ0v) is 8.48. The standard InChI is InChI=1S/C11H9F3O2/c1-4-8(12)6(5-2-3-5)7(11(15)16)10(14)9(4)13/h5H,2-3H2,1H3,(H,15,16). The molecule has 2 nitrogen and oxygen atoms in total. The molecule has 1 saturated carbocycles. The van der Waals surface area contributed by atoms with Gasteiger partial charge >= 0.3 is 5.97 Å². The summed E-state index contributed by atoms with van der Waals surface area (Å²) >= 11 is 0. The molecule has 0 radical (unpaired) electrons. The second-order valence-electron chi connectivity index (χ2n) is 3.94. The summed E-state index contributed by atoms with van der Waals surface area (Å²) in [6.45, 7) is 1.10. The van der Waals surface area contributed by atoms with Crippen molar-refractivity contribution in [2.75, 3.05) is 0 Å². The minimum Gasteiger partial charge on any atom is -0.478 e. The summed E-state index contributed by atoms with van der Waals surface area (Å²) in [6.07, 6.45) is 1.23. The Morgan fingerprint density at radius 1 is 1.19 bits per heavy atom.